The summed E-state index contributed by atoms with van der Waals surface area (Å²) in [7, 11) is 0. The molecule has 3 nitrogen and oxygen atoms in total. The summed E-state index contributed by atoms with van der Waals surface area (Å²) in [5.41, 5.74) is 4.81. The minimum atomic E-state index is -0.294. The lowest BCUT2D eigenvalue weighted by Gasteiger charge is -2.15. The summed E-state index contributed by atoms with van der Waals surface area (Å²) in [6.45, 7) is 9.57. The van der Waals surface area contributed by atoms with Crippen LogP contribution in [0.3, 0.4) is 0 Å². The molecule has 0 aromatic heterocycles. The Morgan fingerprint density at radius 3 is 1.89 bits per heavy atom. The van der Waals surface area contributed by atoms with Crippen LogP contribution < -0.4 is 0 Å². The van der Waals surface area contributed by atoms with Crippen molar-refractivity contribution in [3.63, 3.8) is 0 Å². The van der Waals surface area contributed by atoms with Gasteiger partial charge < -0.3 is 10.2 Å². The van der Waals surface area contributed by atoms with Crippen molar-refractivity contribution in [3.8, 4) is 11.5 Å². The van der Waals surface area contributed by atoms with Gasteiger partial charge in [-0.3, -0.25) is 4.79 Å². The normalized spacial score (nSPS) is 10.6. The zero-order valence-electron chi connectivity index (χ0n) is 15.7. The molecular formula is C24H22O3. The van der Waals surface area contributed by atoms with E-state index in [-0.39, 0.29) is 28.4 Å². The van der Waals surface area contributed by atoms with Crippen LogP contribution in [0.4, 0.5) is 0 Å². The Morgan fingerprint density at radius 2 is 1.30 bits per heavy atom. The molecule has 0 aliphatic rings. The molecule has 0 atom stereocenters. The van der Waals surface area contributed by atoms with Gasteiger partial charge in [0.25, 0.3) is 0 Å². The average molecular weight is 358 g/mol. The molecular weight excluding hydrogens is 336 g/mol. The number of hydrogen-bond acceptors (Lipinski definition) is 3. The maximum Gasteiger partial charge on any atom is 0.196 e. The van der Waals surface area contributed by atoms with Crippen molar-refractivity contribution in [1.29, 1.82) is 0 Å². The third-order valence-electron chi connectivity index (χ3n) is 4.73. The highest BCUT2D eigenvalue weighted by Crippen LogP contribution is 2.39. The number of ketones is 1. The Hall–Kier alpha value is -3.33. The fourth-order valence-corrected chi connectivity index (χ4v) is 3.13. The number of hydrogen-bond donors (Lipinski definition) is 2. The fourth-order valence-electron chi connectivity index (χ4n) is 3.13. The molecule has 0 bridgehead atoms. The van der Waals surface area contributed by atoms with Crippen molar-refractivity contribution in [3.05, 3.63) is 100 Å². The van der Waals surface area contributed by atoms with Crippen LogP contribution in [-0.4, -0.2) is 16.0 Å². The van der Waals surface area contributed by atoms with Crippen LogP contribution in [0, 0.1) is 20.8 Å². The Balaban J connectivity index is 2.14. The highest BCUT2D eigenvalue weighted by atomic mass is 16.3. The van der Waals surface area contributed by atoms with Crippen molar-refractivity contribution < 1.29 is 15.0 Å². The Morgan fingerprint density at radius 1 is 0.778 bits per heavy atom. The fraction of sp³-hybridized carbons (Fsp3) is 0.125. The van der Waals surface area contributed by atoms with Crippen LogP contribution in [0.25, 0.3) is 5.57 Å². The zero-order valence-corrected chi connectivity index (χ0v) is 15.7. The lowest BCUT2D eigenvalue weighted by atomic mass is 9.91. The molecule has 0 spiro atoms. The van der Waals surface area contributed by atoms with Crippen LogP contribution in [0.2, 0.25) is 0 Å². The van der Waals surface area contributed by atoms with Crippen molar-refractivity contribution >= 4 is 11.4 Å². The molecule has 2 N–H and O–H groups in total. The van der Waals surface area contributed by atoms with Crippen LogP contribution >= 0.6 is 0 Å². The van der Waals surface area contributed by atoms with E-state index in [0.717, 1.165) is 16.7 Å². The van der Waals surface area contributed by atoms with E-state index in [1.54, 1.807) is 25.1 Å². The predicted molar refractivity (Wildman–Crippen MR) is 108 cm³/mol. The van der Waals surface area contributed by atoms with Gasteiger partial charge in [-0.25, -0.2) is 0 Å². The van der Waals surface area contributed by atoms with Gasteiger partial charge in [-0.05, 0) is 44.0 Å². The minimum absolute atomic E-state index is 0.0696. The molecule has 3 aromatic rings. The number of carbonyl (C=O) groups is 1. The topological polar surface area (TPSA) is 57.5 Å². The van der Waals surface area contributed by atoms with E-state index in [4.69, 9.17) is 0 Å². The maximum atomic E-state index is 13.0. The first-order valence-electron chi connectivity index (χ1n) is 8.72. The molecule has 3 aromatic carbocycles. The molecule has 0 aliphatic heterocycles. The van der Waals surface area contributed by atoms with Gasteiger partial charge >= 0.3 is 0 Å². The summed E-state index contributed by atoms with van der Waals surface area (Å²) in [5, 5.41) is 21.1. The number of rotatable bonds is 4. The van der Waals surface area contributed by atoms with Crippen molar-refractivity contribution in [1.82, 2.24) is 0 Å². The summed E-state index contributed by atoms with van der Waals surface area (Å²) in [5.74, 6) is -0.572. The highest BCUT2D eigenvalue weighted by molar-refractivity contribution is 6.11. The Bertz CT molecular complexity index is 979. The number of phenols is 2. The molecule has 0 aliphatic carbocycles. The van der Waals surface area contributed by atoms with Crippen molar-refractivity contribution in [2.45, 2.75) is 20.8 Å². The number of carbonyl (C=O) groups excluding carboxylic acids is 1. The van der Waals surface area contributed by atoms with E-state index in [2.05, 4.69) is 6.58 Å². The molecule has 3 heteroatoms. The maximum absolute atomic E-state index is 13.0. The second kappa shape index (κ2) is 7.12. The van der Waals surface area contributed by atoms with Gasteiger partial charge in [-0.2, -0.15) is 0 Å². The van der Waals surface area contributed by atoms with E-state index in [9.17, 15) is 15.0 Å². The van der Waals surface area contributed by atoms with Gasteiger partial charge in [0, 0.05) is 16.7 Å². The summed E-state index contributed by atoms with van der Waals surface area (Å²) < 4.78 is 0. The van der Waals surface area contributed by atoms with E-state index in [0.29, 0.717) is 16.7 Å². The monoisotopic (exact) mass is 358 g/mol. The van der Waals surface area contributed by atoms with E-state index in [1.807, 2.05) is 44.2 Å². The molecule has 0 saturated carbocycles. The summed E-state index contributed by atoms with van der Waals surface area (Å²) in [4.78, 5) is 13.0. The molecule has 0 radical (unpaired) electrons. The lowest BCUT2D eigenvalue weighted by molar-refractivity contribution is 0.103. The smallest absolute Gasteiger partial charge is 0.196 e. The summed E-state index contributed by atoms with van der Waals surface area (Å²) >= 11 is 0. The summed E-state index contributed by atoms with van der Waals surface area (Å²) in [6.07, 6.45) is 0. The van der Waals surface area contributed by atoms with Crippen molar-refractivity contribution in [2.75, 3.05) is 0 Å². The van der Waals surface area contributed by atoms with Crippen molar-refractivity contribution in [2.24, 2.45) is 0 Å². The number of benzene rings is 3. The molecule has 0 fully saturated rings. The van der Waals surface area contributed by atoms with Gasteiger partial charge in [0.05, 0.1) is 5.56 Å². The molecule has 3 rings (SSSR count). The van der Waals surface area contributed by atoms with Crippen LogP contribution in [0.15, 0.2) is 61.2 Å². The van der Waals surface area contributed by atoms with E-state index >= 15 is 0 Å². The third-order valence-corrected chi connectivity index (χ3v) is 4.73. The number of aryl methyl sites for hydroxylation is 2. The van der Waals surface area contributed by atoms with Gasteiger partial charge in [0.1, 0.15) is 11.5 Å². The van der Waals surface area contributed by atoms with E-state index in [1.165, 1.54) is 6.07 Å². The van der Waals surface area contributed by atoms with Gasteiger partial charge in [0.15, 0.2) is 5.78 Å². The SMILES string of the molecule is C=C(c1cccc(C)c1)c1cc(C(=O)c2cccc(C)c2)c(O)c(C)c1O. The highest BCUT2D eigenvalue weighted by Gasteiger charge is 2.22. The van der Waals surface area contributed by atoms with Gasteiger partial charge in [0.2, 0.25) is 0 Å². The van der Waals surface area contributed by atoms with Crippen LogP contribution in [0.1, 0.15) is 43.7 Å². The second-order valence-corrected chi connectivity index (χ2v) is 6.84. The first-order chi connectivity index (χ1) is 12.8. The van der Waals surface area contributed by atoms with Gasteiger partial charge in [-0.1, -0.05) is 60.2 Å². The zero-order chi connectivity index (χ0) is 19.7. The number of phenolic OH excluding ortho intramolecular Hbond substituents is 2. The largest absolute Gasteiger partial charge is 0.507 e. The Kier molecular flexibility index (Phi) is 4.87. The number of aromatic hydroxyl groups is 2. The molecule has 0 saturated heterocycles. The second-order valence-electron chi connectivity index (χ2n) is 6.84. The molecule has 0 unspecified atom stereocenters. The standard InChI is InChI=1S/C24H22O3/c1-14-7-5-9-18(11-14)16(3)20-13-21(23(26)17(4)22(20)25)24(27)19-10-6-8-15(2)12-19/h5-13,25-26H,3H2,1-2,4H3. The van der Waals surface area contributed by atoms with Gasteiger partial charge in [-0.15, -0.1) is 0 Å². The minimum Gasteiger partial charge on any atom is -0.507 e. The molecule has 0 heterocycles. The summed E-state index contributed by atoms with van der Waals surface area (Å²) in [6, 6.07) is 16.5. The molecule has 136 valence electrons. The predicted octanol–water partition coefficient (Wildman–Crippen LogP) is 5.32. The average Bonchev–Trinajstić information content (AvgIpc) is 2.65. The van der Waals surface area contributed by atoms with Crippen LogP contribution in [0.5, 0.6) is 11.5 Å². The first-order valence-corrected chi connectivity index (χ1v) is 8.72. The first kappa shape index (κ1) is 18.5. The third kappa shape index (κ3) is 3.49. The lowest BCUT2D eigenvalue weighted by Crippen LogP contribution is -2.05. The quantitative estimate of drug-likeness (QED) is 0.621. The molecule has 0 amide bonds. The molecule has 27 heavy (non-hydrogen) atoms. The van der Waals surface area contributed by atoms with Crippen LogP contribution in [-0.2, 0) is 0 Å². The van der Waals surface area contributed by atoms with E-state index < -0.39 is 0 Å². The Labute approximate surface area is 159 Å².